The van der Waals surface area contributed by atoms with E-state index in [9.17, 15) is 4.79 Å². The van der Waals surface area contributed by atoms with Crippen molar-refractivity contribution in [3.05, 3.63) is 29.8 Å². The molecule has 3 rings (SSSR count). The third kappa shape index (κ3) is 2.61. The molecule has 0 amide bonds. The van der Waals surface area contributed by atoms with Gasteiger partial charge in [-0.1, -0.05) is 30.0 Å². The molecule has 2 bridgehead atoms. The zero-order chi connectivity index (χ0) is 14.3. The molecule has 3 unspecified atom stereocenters. The Labute approximate surface area is 144 Å². The van der Waals surface area contributed by atoms with E-state index in [1.807, 2.05) is 37.4 Å². The molecule has 0 saturated heterocycles. The minimum Gasteiger partial charge on any atom is -0.469 e. The molecule has 0 aromatic heterocycles. The highest BCUT2D eigenvalue weighted by molar-refractivity contribution is 14.0. The number of halogens is 1. The van der Waals surface area contributed by atoms with Crippen molar-refractivity contribution in [3.8, 4) is 5.75 Å². The van der Waals surface area contributed by atoms with Crippen molar-refractivity contribution in [2.45, 2.75) is 18.7 Å². The quantitative estimate of drug-likeness (QED) is 0.559. The van der Waals surface area contributed by atoms with E-state index in [1.54, 1.807) is 0 Å². The molecule has 1 N–H and O–H groups in total. The summed E-state index contributed by atoms with van der Waals surface area (Å²) in [5, 5.41) is 3.98. The second kappa shape index (κ2) is 6.04. The summed E-state index contributed by atoms with van der Waals surface area (Å²) in [6, 6.07) is 7.41. The molecular weight excluding hydrogens is 403 g/mol. The summed E-state index contributed by atoms with van der Waals surface area (Å²) in [5.41, 5.74) is 0.0834. The van der Waals surface area contributed by atoms with Crippen LogP contribution in [-0.4, -0.2) is 30.2 Å². The molecule has 1 aromatic rings. The average Bonchev–Trinajstić information content (AvgIpc) is 2.44. The molecule has 3 atom stereocenters. The van der Waals surface area contributed by atoms with Crippen LogP contribution in [0.5, 0.6) is 5.75 Å². The van der Waals surface area contributed by atoms with Gasteiger partial charge in [0.25, 0.3) is 0 Å². The monoisotopic (exact) mass is 420 g/mol. The van der Waals surface area contributed by atoms with Crippen LogP contribution in [0.15, 0.2) is 29.3 Å². The highest BCUT2D eigenvalue weighted by Gasteiger charge is 2.54. The van der Waals surface area contributed by atoms with Crippen LogP contribution < -0.4 is 10.1 Å². The number of aliphatic imine (C=N–C) groups is 1. The van der Waals surface area contributed by atoms with E-state index >= 15 is 0 Å². The predicted molar refractivity (Wildman–Crippen MR) is 93.2 cm³/mol. The fraction of sp³-hybridized carbons (Fsp3) is 0.429. The Morgan fingerprint density at radius 2 is 2.19 bits per heavy atom. The van der Waals surface area contributed by atoms with Gasteiger partial charge in [0, 0.05) is 5.56 Å². The number of hydrogen-bond donors (Lipinski definition) is 1. The van der Waals surface area contributed by atoms with Gasteiger partial charge in [0.2, 0.25) is 0 Å². The van der Waals surface area contributed by atoms with Crippen LogP contribution in [0.3, 0.4) is 0 Å². The molecule has 21 heavy (non-hydrogen) atoms. The fourth-order valence-corrected chi connectivity index (χ4v) is 3.32. The lowest BCUT2D eigenvalue weighted by atomic mass is 9.81. The standard InChI is InChI=1S/C14H16N2O3S.HI/c1-14-10(12(17)18-2)11(15-13(16-14)20-3)8-6-4-5-7-9(8)19-14;/h4-7,10-11H,1-3H3,(H,15,16);1H. The second-order valence-corrected chi connectivity index (χ2v) is 5.75. The van der Waals surface area contributed by atoms with Crippen molar-refractivity contribution in [2.75, 3.05) is 13.4 Å². The second-order valence-electron chi connectivity index (χ2n) is 4.96. The lowest BCUT2D eigenvalue weighted by Gasteiger charge is -2.47. The SMILES string of the molecule is COC(=O)C1C2N=C(SC)NC1(C)Oc1ccccc12.I. The Balaban J connectivity index is 0.00000161. The van der Waals surface area contributed by atoms with Crippen LogP contribution in [0.4, 0.5) is 0 Å². The topological polar surface area (TPSA) is 59.9 Å². The maximum absolute atomic E-state index is 12.2. The molecule has 7 heteroatoms. The number of esters is 1. The van der Waals surface area contributed by atoms with Gasteiger partial charge < -0.3 is 14.8 Å². The number of para-hydroxylation sites is 1. The van der Waals surface area contributed by atoms with Crippen molar-refractivity contribution >= 4 is 46.9 Å². The van der Waals surface area contributed by atoms with Gasteiger partial charge in [-0.2, -0.15) is 0 Å². The first-order valence-electron chi connectivity index (χ1n) is 6.35. The number of hydrogen-bond acceptors (Lipinski definition) is 6. The molecule has 0 radical (unpaired) electrons. The summed E-state index contributed by atoms with van der Waals surface area (Å²) in [6.45, 7) is 1.86. The summed E-state index contributed by atoms with van der Waals surface area (Å²) in [6.07, 6.45) is 1.94. The van der Waals surface area contributed by atoms with Gasteiger partial charge in [-0.3, -0.25) is 9.79 Å². The van der Waals surface area contributed by atoms with E-state index in [4.69, 9.17) is 9.47 Å². The number of nitrogens with zero attached hydrogens (tertiary/aromatic N) is 1. The number of carbonyl (C=O) groups is 1. The molecule has 0 spiro atoms. The van der Waals surface area contributed by atoms with Gasteiger partial charge in [0.1, 0.15) is 17.7 Å². The predicted octanol–water partition coefficient (Wildman–Crippen LogP) is 2.57. The third-order valence-electron chi connectivity index (χ3n) is 3.73. The van der Waals surface area contributed by atoms with E-state index in [0.29, 0.717) is 0 Å². The first-order valence-corrected chi connectivity index (χ1v) is 7.57. The number of ether oxygens (including phenoxy) is 2. The summed E-state index contributed by atoms with van der Waals surface area (Å²) in [4.78, 5) is 16.8. The van der Waals surface area contributed by atoms with Crippen molar-refractivity contribution in [3.63, 3.8) is 0 Å². The smallest absolute Gasteiger partial charge is 0.317 e. The van der Waals surface area contributed by atoms with Crippen molar-refractivity contribution in [1.29, 1.82) is 0 Å². The summed E-state index contributed by atoms with van der Waals surface area (Å²) >= 11 is 1.50. The Kier molecular flexibility index (Phi) is 4.72. The lowest BCUT2D eigenvalue weighted by molar-refractivity contribution is -0.158. The van der Waals surface area contributed by atoms with E-state index in [2.05, 4.69) is 10.3 Å². The first-order chi connectivity index (χ1) is 9.59. The summed E-state index contributed by atoms with van der Waals surface area (Å²) < 4.78 is 11.0. The molecule has 2 aliphatic rings. The zero-order valence-corrected chi connectivity index (χ0v) is 15.1. The van der Waals surface area contributed by atoms with Crippen molar-refractivity contribution in [2.24, 2.45) is 10.9 Å². The van der Waals surface area contributed by atoms with Gasteiger partial charge in [0.15, 0.2) is 10.9 Å². The number of benzene rings is 1. The molecule has 1 aromatic carbocycles. The van der Waals surface area contributed by atoms with E-state index in [1.165, 1.54) is 18.9 Å². The van der Waals surface area contributed by atoms with Crippen LogP contribution in [0.2, 0.25) is 0 Å². The number of carbonyl (C=O) groups excluding carboxylic acids is 1. The maximum Gasteiger partial charge on any atom is 0.317 e. The highest BCUT2D eigenvalue weighted by atomic mass is 127. The minimum absolute atomic E-state index is 0. The number of fused-ring (bicyclic) bond motifs is 4. The van der Waals surface area contributed by atoms with Crippen LogP contribution in [0, 0.1) is 5.92 Å². The fourth-order valence-electron chi connectivity index (χ4n) is 2.79. The van der Waals surface area contributed by atoms with Gasteiger partial charge in [0.05, 0.1) is 7.11 Å². The molecule has 2 aliphatic heterocycles. The van der Waals surface area contributed by atoms with Gasteiger partial charge in [-0.25, -0.2) is 0 Å². The van der Waals surface area contributed by atoms with Crippen LogP contribution in [0.1, 0.15) is 18.5 Å². The molecular formula is C14H17IN2O3S. The molecule has 5 nitrogen and oxygen atoms in total. The number of rotatable bonds is 1. The molecule has 0 saturated carbocycles. The highest BCUT2D eigenvalue weighted by Crippen LogP contribution is 2.47. The Hall–Kier alpha value is -0.960. The largest absolute Gasteiger partial charge is 0.469 e. The Morgan fingerprint density at radius 1 is 1.48 bits per heavy atom. The van der Waals surface area contributed by atoms with Crippen molar-refractivity contribution < 1.29 is 14.3 Å². The van der Waals surface area contributed by atoms with Crippen LogP contribution in [0.25, 0.3) is 0 Å². The minimum atomic E-state index is -0.841. The average molecular weight is 420 g/mol. The summed E-state index contributed by atoms with van der Waals surface area (Å²) in [7, 11) is 1.39. The number of methoxy groups -OCH3 is 1. The normalized spacial score (nSPS) is 29.0. The van der Waals surface area contributed by atoms with E-state index < -0.39 is 11.6 Å². The maximum atomic E-state index is 12.2. The van der Waals surface area contributed by atoms with E-state index in [-0.39, 0.29) is 36.0 Å². The summed E-state index contributed by atoms with van der Waals surface area (Å²) in [5.74, 6) is -0.0572. The lowest BCUT2D eigenvalue weighted by Crippen LogP contribution is -2.63. The van der Waals surface area contributed by atoms with Gasteiger partial charge >= 0.3 is 5.97 Å². The molecule has 2 heterocycles. The third-order valence-corrected chi connectivity index (χ3v) is 4.32. The zero-order valence-electron chi connectivity index (χ0n) is 12.0. The number of amidine groups is 1. The van der Waals surface area contributed by atoms with Crippen LogP contribution in [-0.2, 0) is 9.53 Å². The van der Waals surface area contributed by atoms with Gasteiger partial charge in [-0.05, 0) is 19.2 Å². The molecule has 0 fully saturated rings. The Morgan fingerprint density at radius 3 is 2.86 bits per heavy atom. The van der Waals surface area contributed by atoms with Gasteiger partial charge in [-0.15, -0.1) is 24.0 Å². The van der Waals surface area contributed by atoms with Crippen LogP contribution >= 0.6 is 35.7 Å². The Bertz CT molecular complexity index is 595. The number of nitrogens with one attached hydrogen (secondary N) is 1. The van der Waals surface area contributed by atoms with Crippen molar-refractivity contribution in [1.82, 2.24) is 5.32 Å². The first kappa shape index (κ1) is 16.4. The molecule has 0 aliphatic carbocycles. The molecule has 114 valence electrons. The number of thioether (sulfide) groups is 1. The van der Waals surface area contributed by atoms with E-state index in [0.717, 1.165) is 16.5 Å².